The first kappa shape index (κ1) is 47.1. The summed E-state index contributed by atoms with van der Waals surface area (Å²) < 4.78 is 52.2. The first-order valence-electron chi connectivity index (χ1n) is 22.6. The highest BCUT2D eigenvalue weighted by molar-refractivity contribution is 5.82. The van der Waals surface area contributed by atoms with Crippen molar-refractivity contribution in [1.29, 1.82) is 0 Å². The molecular formula is C56H57NO10. The standard InChI is InChI=1S/C56H57NO10/c1-4-56(66-39(2)50(54(58)60-3)57-55(59)65-37-48-46-31-19-17-29-44(46)45-30-18-20-32-47(45)48)53(64-36-43-27-15-8-16-28-43)52(63-35-42-25-13-7-14-26-42)51(62-34-41-23-11-6-12-24-41)49(67-56)38-61-33-40-21-9-5-10-22-40/h4-32,39,48-53H,1,33-38H2,2-3H3,(H,57,59)/t39?,49?,50-,51+,52+,53?,56+/m1/s1. The van der Waals surface area contributed by atoms with Gasteiger partial charge in [0.2, 0.25) is 5.79 Å². The van der Waals surface area contributed by atoms with Crippen LogP contribution in [0.4, 0.5) is 4.79 Å². The lowest BCUT2D eigenvalue weighted by molar-refractivity contribution is -0.372. The fourth-order valence-corrected chi connectivity index (χ4v) is 8.80. The molecule has 8 rings (SSSR count). The Hall–Kier alpha value is -6.44. The summed E-state index contributed by atoms with van der Waals surface area (Å²) in [5, 5.41) is 2.74. The Morgan fingerprint density at radius 2 is 1.09 bits per heavy atom. The van der Waals surface area contributed by atoms with Gasteiger partial charge in [-0.05, 0) is 57.5 Å². The highest BCUT2D eigenvalue weighted by Gasteiger charge is 2.58. The number of methoxy groups -OCH3 is 1. The summed E-state index contributed by atoms with van der Waals surface area (Å²) >= 11 is 0. The second-order valence-electron chi connectivity index (χ2n) is 16.6. The number of hydrogen-bond donors (Lipinski definition) is 1. The Kier molecular flexibility index (Phi) is 16.0. The molecule has 1 aliphatic carbocycles. The van der Waals surface area contributed by atoms with E-state index in [1.165, 1.54) is 13.2 Å². The molecular weight excluding hydrogens is 847 g/mol. The molecule has 1 fully saturated rings. The first-order valence-corrected chi connectivity index (χ1v) is 22.6. The molecule has 67 heavy (non-hydrogen) atoms. The zero-order chi connectivity index (χ0) is 46.4. The van der Waals surface area contributed by atoms with Crippen LogP contribution in [0.15, 0.2) is 183 Å². The maximum absolute atomic E-state index is 13.8. The van der Waals surface area contributed by atoms with Gasteiger partial charge in [0.25, 0.3) is 0 Å². The summed E-state index contributed by atoms with van der Waals surface area (Å²) in [6.07, 6.45) is -3.97. The summed E-state index contributed by atoms with van der Waals surface area (Å²) in [5.74, 6) is -2.78. The van der Waals surface area contributed by atoms with Crippen molar-refractivity contribution in [1.82, 2.24) is 5.32 Å². The molecule has 11 heteroatoms. The van der Waals surface area contributed by atoms with Gasteiger partial charge < -0.3 is 43.2 Å². The lowest BCUT2D eigenvalue weighted by Gasteiger charge is -2.52. The highest BCUT2D eigenvalue weighted by Crippen LogP contribution is 2.45. The average molecular weight is 904 g/mol. The van der Waals surface area contributed by atoms with Gasteiger partial charge in [-0.2, -0.15) is 0 Å². The Bertz CT molecular complexity index is 2460. The van der Waals surface area contributed by atoms with E-state index in [9.17, 15) is 9.59 Å². The normalized spacial score (nSPS) is 20.7. The lowest BCUT2D eigenvalue weighted by atomic mass is 9.90. The summed E-state index contributed by atoms with van der Waals surface area (Å²) in [7, 11) is 1.25. The lowest BCUT2D eigenvalue weighted by Crippen LogP contribution is -2.68. The minimum atomic E-state index is -1.82. The smallest absolute Gasteiger partial charge is 0.407 e. The van der Waals surface area contributed by atoms with E-state index in [-0.39, 0.29) is 39.0 Å². The van der Waals surface area contributed by atoms with Crippen molar-refractivity contribution in [3.05, 3.63) is 216 Å². The fraction of sp³-hybridized carbons (Fsp3) is 0.286. The number of benzene rings is 6. The molecule has 0 radical (unpaired) electrons. The average Bonchev–Trinajstić information content (AvgIpc) is 3.70. The van der Waals surface area contributed by atoms with Crippen LogP contribution in [0.2, 0.25) is 0 Å². The van der Waals surface area contributed by atoms with E-state index < -0.39 is 54.4 Å². The Labute approximate surface area is 392 Å². The highest BCUT2D eigenvalue weighted by atomic mass is 16.7. The number of nitrogens with one attached hydrogen (secondary N) is 1. The van der Waals surface area contributed by atoms with E-state index in [4.69, 9.17) is 37.9 Å². The van der Waals surface area contributed by atoms with Gasteiger partial charge in [0.15, 0.2) is 6.04 Å². The zero-order valence-corrected chi connectivity index (χ0v) is 37.8. The van der Waals surface area contributed by atoms with Crippen LogP contribution in [-0.2, 0) is 69.1 Å². The number of carbonyl (C=O) groups excluding carboxylic acids is 2. The summed E-state index contributed by atoms with van der Waals surface area (Å²) in [6.45, 7) is 6.83. The van der Waals surface area contributed by atoms with Crippen molar-refractivity contribution >= 4 is 12.1 Å². The van der Waals surface area contributed by atoms with Gasteiger partial charge in [0, 0.05) is 5.92 Å². The minimum absolute atomic E-state index is 0.0353. The van der Waals surface area contributed by atoms with Crippen molar-refractivity contribution in [2.75, 3.05) is 20.3 Å². The van der Waals surface area contributed by atoms with Gasteiger partial charge >= 0.3 is 12.1 Å². The minimum Gasteiger partial charge on any atom is -0.467 e. The number of alkyl carbamates (subject to hydrolysis) is 1. The summed E-state index contributed by atoms with van der Waals surface area (Å²) in [4.78, 5) is 27.5. The second kappa shape index (κ2) is 22.8. The van der Waals surface area contributed by atoms with Gasteiger partial charge in [-0.1, -0.05) is 176 Å². The summed E-state index contributed by atoms with van der Waals surface area (Å²) in [5.41, 5.74) is 8.02. The van der Waals surface area contributed by atoms with Crippen molar-refractivity contribution < 1.29 is 47.5 Å². The zero-order valence-electron chi connectivity index (χ0n) is 37.8. The molecule has 1 heterocycles. The maximum atomic E-state index is 13.8. The van der Waals surface area contributed by atoms with Crippen molar-refractivity contribution in [2.45, 2.75) is 81.6 Å². The van der Waals surface area contributed by atoms with E-state index in [1.54, 1.807) is 6.92 Å². The Morgan fingerprint density at radius 1 is 0.627 bits per heavy atom. The van der Waals surface area contributed by atoms with Crippen LogP contribution in [0, 0.1) is 0 Å². The van der Waals surface area contributed by atoms with Gasteiger partial charge in [0.1, 0.15) is 31.0 Å². The number of amides is 1. The van der Waals surface area contributed by atoms with E-state index in [2.05, 4.69) is 24.0 Å². The number of fused-ring (bicyclic) bond motifs is 3. The number of ether oxygens (including phenoxy) is 8. The third kappa shape index (κ3) is 11.6. The van der Waals surface area contributed by atoms with Gasteiger partial charge in [-0.15, -0.1) is 0 Å². The summed E-state index contributed by atoms with van der Waals surface area (Å²) in [6, 6.07) is 54.0. The molecule has 346 valence electrons. The Balaban J connectivity index is 1.10. The quantitative estimate of drug-likeness (QED) is 0.0553. The van der Waals surface area contributed by atoms with Crippen LogP contribution in [0.1, 0.15) is 46.2 Å². The van der Waals surface area contributed by atoms with Crippen LogP contribution >= 0.6 is 0 Å². The van der Waals surface area contributed by atoms with Gasteiger partial charge in [0.05, 0.1) is 46.2 Å². The Morgan fingerprint density at radius 3 is 1.60 bits per heavy atom. The SMILES string of the molecule is C=C[C@]1(OC(C)[C@@H](NC(=O)OCC2c3ccccc3-c3ccccc32)C(=O)OC)OC(COCc2ccccc2)[C@H](OCc2ccccc2)[C@H](OCc2ccccc2)C1OCc1ccccc1. The van der Waals surface area contributed by atoms with E-state index in [0.717, 1.165) is 44.5 Å². The molecule has 6 aromatic carbocycles. The molecule has 6 aromatic rings. The van der Waals surface area contributed by atoms with Crippen LogP contribution < -0.4 is 5.32 Å². The van der Waals surface area contributed by atoms with Crippen LogP contribution in [0.25, 0.3) is 11.1 Å². The molecule has 3 unspecified atom stereocenters. The van der Waals surface area contributed by atoms with Gasteiger partial charge in [-0.3, -0.25) is 0 Å². The van der Waals surface area contributed by atoms with Crippen molar-refractivity contribution in [3.8, 4) is 11.1 Å². The molecule has 2 aliphatic rings. The number of esters is 1. The molecule has 1 N–H and O–H groups in total. The van der Waals surface area contributed by atoms with Gasteiger partial charge in [-0.25, -0.2) is 9.59 Å². The molecule has 0 aromatic heterocycles. The van der Waals surface area contributed by atoms with Crippen molar-refractivity contribution in [2.24, 2.45) is 0 Å². The molecule has 1 aliphatic heterocycles. The molecule has 0 bridgehead atoms. The van der Waals surface area contributed by atoms with Crippen LogP contribution in [0.3, 0.4) is 0 Å². The van der Waals surface area contributed by atoms with E-state index >= 15 is 0 Å². The number of carbonyl (C=O) groups is 2. The second-order valence-corrected chi connectivity index (χ2v) is 16.6. The largest absolute Gasteiger partial charge is 0.467 e. The predicted molar refractivity (Wildman–Crippen MR) is 254 cm³/mol. The van der Waals surface area contributed by atoms with E-state index in [1.807, 2.05) is 158 Å². The topological polar surface area (TPSA) is 120 Å². The van der Waals surface area contributed by atoms with E-state index in [0.29, 0.717) is 6.61 Å². The van der Waals surface area contributed by atoms with Crippen LogP contribution in [0.5, 0.6) is 0 Å². The first-order chi connectivity index (χ1) is 32.9. The molecule has 0 spiro atoms. The third-order valence-electron chi connectivity index (χ3n) is 12.2. The molecule has 11 nitrogen and oxygen atoms in total. The van der Waals surface area contributed by atoms with Crippen LogP contribution in [-0.4, -0.2) is 74.7 Å². The maximum Gasteiger partial charge on any atom is 0.407 e. The molecule has 1 amide bonds. The monoisotopic (exact) mass is 903 g/mol. The predicted octanol–water partition coefficient (Wildman–Crippen LogP) is 9.73. The molecule has 0 saturated carbocycles. The number of rotatable bonds is 21. The fourth-order valence-electron chi connectivity index (χ4n) is 8.80. The van der Waals surface area contributed by atoms with Crippen molar-refractivity contribution in [3.63, 3.8) is 0 Å². The molecule has 1 saturated heterocycles. The number of hydrogen-bond acceptors (Lipinski definition) is 10. The molecule has 7 atom stereocenters. The third-order valence-corrected chi connectivity index (χ3v) is 12.2.